The van der Waals surface area contributed by atoms with Gasteiger partial charge in [-0.05, 0) is 36.4 Å². The summed E-state index contributed by atoms with van der Waals surface area (Å²) >= 11 is 3.28. The Bertz CT molecular complexity index is 1600. The number of para-hydroxylation sites is 1. The van der Waals surface area contributed by atoms with Crippen molar-refractivity contribution in [2.45, 2.75) is 12.4 Å². The number of halogens is 7. The molecule has 2 aromatic heterocycles. The fourth-order valence-corrected chi connectivity index (χ4v) is 4.06. The molecule has 0 bridgehead atoms. The first-order valence-corrected chi connectivity index (χ1v) is 12.3. The number of anilines is 4. The lowest BCUT2D eigenvalue weighted by molar-refractivity contribution is -0.138. The minimum Gasteiger partial charge on any atom is -0.495 e. The highest BCUT2D eigenvalue weighted by Gasteiger charge is 2.38. The van der Waals surface area contributed by atoms with Crippen LogP contribution in [0, 0.1) is 0 Å². The highest BCUT2D eigenvalue weighted by molar-refractivity contribution is 9.10. The minimum absolute atomic E-state index is 0.00874. The van der Waals surface area contributed by atoms with Crippen molar-refractivity contribution in [3.8, 4) is 17.1 Å². The maximum atomic E-state index is 14.0. The molecule has 4 rings (SSSR count). The van der Waals surface area contributed by atoms with Crippen molar-refractivity contribution in [3.05, 3.63) is 82.1 Å². The second kappa shape index (κ2) is 11.6. The smallest absolute Gasteiger partial charge is 0.420 e. The number of amides is 1. The quantitative estimate of drug-likeness (QED) is 0.184. The van der Waals surface area contributed by atoms with Crippen LogP contribution in [0.2, 0.25) is 0 Å². The number of nitrogens with one attached hydrogen (secondary N) is 3. The summed E-state index contributed by atoms with van der Waals surface area (Å²) in [5, 5.41) is 7.65. The third kappa shape index (κ3) is 6.67. The standard InChI is InChI=1S/C26H19BrF6N6O2/c1-34-23(40)14-5-3-4-6-17(14)37-19-10-20(35-11-15(19)25(28,29)30)22-16(26(31,32)33)12-36-24(39-22)38-18-8-7-13(27)9-21(18)41-2/h3-12H,1-2H3,(H,34,40)(H,35,37)(H,36,38,39). The molecule has 0 aliphatic carbocycles. The molecule has 0 saturated carbocycles. The van der Waals surface area contributed by atoms with Gasteiger partial charge in [0, 0.05) is 23.9 Å². The number of hydrogen-bond donors (Lipinski definition) is 3. The van der Waals surface area contributed by atoms with E-state index >= 15 is 0 Å². The van der Waals surface area contributed by atoms with E-state index in [9.17, 15) is 31.1 Å². The van der Waals surface area contributed by atoms with E-state index in [0.717, 1.165) is 6.07 Å². The number of ether oxygens (including phenoxy) is 1. The molecule has 2 heterocycles. The van der Waals surface area contributed by atoms with Gasteiger partial charge in [-0.1, -0.05) is 28.1 Å². The normalized spacial score (nSPS) is 11.6. The van der Waals surface area contributed by atoms with E-state index in [0.29, 0.717) is 28.3 Å². The van der Waals surface area contributed by atoms with Crippen LogP contribution < -0.4 is 20.7 Å². The predicted molar refractivity (Wildman–Crippen MR) is 142 cm³/mol. The van der Waals surface area contributed by atoms with Crippen LogP contribution in [0.5, 0.6) is 5.75 Å². The molecular formula is C26H19BrF6N6O2. The summed E-state index contributed by atoms with van der Waals surface area (Å²) in [6, 6.07) is 11.3. The van der Waals surface area contributed by atoms with Crippen molar-refractivity contribution in [2.24, 2.45) is 0 Å². The van der Waals surface area contributed by atoms with Crippen molar-refractivity contribution in [2.75, 3.05) is 24.8 Å². The van der Waals surface area contributed by atoms with Crippen LogP contribution in [-0.2, 0) is 12.4 Å². The number of benzene rings is 2. The summed E-state index contributed by atoms with van der Waals surface area (Å²) in [6.45, 7) is 0. The lowest BCUT2D eigenvalue weighted by Crippen LogP contribution is -2.19. The maximum Gasteiger partial charge on any atom is 0.420 e. The highest BCUT2D eigenvalue weighted by Crippen LogP contribution is 2.41. The third-order valence-electron chi connectivity index (χ3n) is 5.62. The Kier molecular flexibility index (Phi) is 8.37. The van der Waals surface area contributed by atoms with Gasteiger partial charge in [-0.2, -0.15) is 26.3 Å². The van der Waals surface area contributed by atoms with E-state index in [-0.39, 0.29) is 17.2 Å². The molecule has 0 saturated heterocycles. The zero-order valence-corrected chi connectivity index (χ0v) is 22.7. The molecule has 0 spiro atoms. The number of nitrogens with zero attached hydrogens (tertiary/aromatic N) is 3. The van der Waals surface area contributed by atoms with Gasteiger partial charge in [0.2, 0.25) is 5.95 Å². The molecule has 0 atom stereocenters. The summed E-state index contributed by atoms with van der Waals surface area (Å²) < 4.78 is 89.5. The molecule has 214 valence electrons. The van der Waals surface area contributed by atoms with Crippen LogP contribution in [0.25, 0.3) is 11.4 Å². The third-order valence-corrected chi connectivity index (χ3v) is 6.12. The van der Waals surface area contributed by atoms with Crippen LogP contribution in [0.4, 0.5) is 49.4 Å². The number of rotatable bonds is 7. The number of methoxy groups -OCH3 is 1. The average molecular weight is 641 g/mol. The molecule has 1 amide bonds. The summed E-state index contributed by atoms with van der Waals surface area (Å²) in [6.07, 6.45) is -9.00. The van der Waals surface area contributed by atoms with Crippen molar-refractivity contribution < 1.29 is 35.9 Å². The monoisotopic (exact) mass is 640 g/mol. The Labute approximate surface area is 237 Å². The van der Waals surface area contributed by atoms with Gasteiger partial charge in [-0.15, -0.1) is 0 Å². The van der Waals surface area contributed by atoms with Crippen LogP contribution >= 0.6 is 15.9 Å². The minimum atomic E-state index is -4.97. The number of carbonyl (C=O) groups excluding carboxylic acids is 1. The number of aromatic nitrogens is 3. The summed E-state index contributed by atoms with van der Waals surface area (Å²) in [5.74, 6) is -0.571. The van der Waals surface area contributed by atoms with Crippen LogP contribution in [0.15, 0.2) is 65.4 Å². The number of alkyl halides is 6. The highest BCUT2D eigenvalue weighted by atomic mass is 79.9. The van der Waals surface area contributed by atoms with Crippen LogP contribution in [-0.4, -0.2) is 35.0 Å². The number of carbonyl (C=O) groups is 1. The molecule has 4 aromatic rings. The Morgan fingerprint density at radius 2 is 1.54 bits per heavy atom. The van der Waals surface area contributed by atoms with Gasteiger partial charge in [0.1, 0.15) is 17.0 Å². The number of pyridine rings is 1. The SMILES string of the molecule is CNC(=O)c1ccccc1Nc1cc(-c2nc(Nc3ccc(Br)cc3OC)ncc2C(F)(F)F)ncc1C(F)(F)F. The molecule has 0 fully saturated rings. The maximum absolute atomic E-state index is 14.0. The van der Waals surface area contributed by atoms with E-state index in [1.165, 1.54) is 38.4 Å². The van der Waals surface area contributed by atoms with Gasteiger partial charge in [-0.25, -0.2) is 9.97 Å². The Morgan fingerprint density at radius 1 is 0.854 bits per heavy atom. The zero-order valence-electron chi connectivity index (χ0n) is 21.1. The predicted octanol–water partition coefficient (Wildman–Crippen LogP) is 7.19. The van der Waals surface area contributed by atoms with Crippen LogP contribution in [0.3, 0.4) is 0 Å². The van der Waals surface area contributed by atoms with Gasteiger partial charge >= 0.3 is 12.4 Å². The molecule has 2 aromatic carbocycles. The van der Waals surface area contributed by atoms with Crippen LogP contribution in [0.1, 0.15) is 21.5 Å². The van der Waals surface area contributed by atoms with Gasteiger partial charge in [0.15, 0.2) is 0 Å². The second-order valence-electron chi connectivity index (χ2n) is 8.29. The largest absolute Gasteiger partial charge is 0.495 e. The number of hydrogen-bond acceptors (Lipinski definition) is 7. The average Bonchev–Trinajstić information content (AvgIpc) is 2.92. The van der Waals surface area contributed by atoms with Gasteiger partial charge in [0.25, 0.3) is 5.91 Å². The molecule has 0 unspecified atom stereocenters. The van der Waals surface area contributed by atoms with Gasteiger partial charge in [-0.3, -0.25) is 9.78 Å². The topological polar surface area (TPSA) is 101 Å². The first kappa shape index (κ1) is 29.6. The van der Waals surface area contributed by atoms with E-state index in [4.69, 9.17) is 4.74 Å². The fraction of sp³-hybridized carbons (Fsp3) is 0.154. The molecule has 0 radical (unpaired) electrons. The Hall–Kier alpha value is -4.40. The van der Waals surface area contributed by atoms with Crippen molar-refractivity contribution >= 4 is 44.8 Å². The van der Waals surface area contributed by atoms with E-state index in [1.807, 2.05) is 0 Å². The molecular weight excluding hydrogens is 622 g/mol. The van der Waals surface area contributed by atoms with Crippen molar-refractivity contribution in [1.82, 2.24) is 20.3 Å². The molecule has 41 heavy (non-hydrogen) atoms. The second-order valence-corrected chi connectivity index (χ2v) is 9.20. The van der Waals surface area contributed by atoms with E-state index in [1.54, 1.807) is 18.2 Å². The van der Waals surface area contributed by atoms with E-state index in [2.05, 4.69) is 46.8 Å². The first-order valence-electron chi connectivity index (χ1n) is 11.5. The van der Waals surface area contributed by atoms with E-state index < -0.39 is 46.5 Å². The van der Waals surface area contributed by atoms with Crippen molar-refractivity contribution in [1.29, 1.82) is 0 Å². The fourth-order valence-electron chi connectivity index (χ4n) is 3.72. The summed E-state index contributed by atoms with van der Waals surface area (Å²) in [5.41, 5.74) is -4.23. The molecule has 8 nitrogen and oxygen atoms in total. The van der Waals surface area contributed by atoms with Gasteiger partial charge in [0.05, 0.1) is 41.0 Å². The first-order chi connectivity index (χ1) is 19.3. The zero-order chi connectivity index (χ0) is 29.9. The Balaban J connectivity index is 1.86. The molecule has 3 N–H and O–H groups in total. The van der Waals surface area contributed by atoms with Crippen molar-refractivity contribution in [3.63, 3.8) is 0 Å². The summed E-state index contributed by atoms with van der Waals surface area (Å²) in [4.78, 5) is 23.6. The molecule has 0 aliphatic rings. The molecule has 15 heteroatoms. The lowest BCUT2D eigenvalue weighted by atomic mass is 10.1. The lowest BCUT2D eigenvalue weighted by Gasteiger charge is -2.18. The van der Waals surface area contributed by atoms with Gasteiger partial charge < -0.3 is 20.7 Å². The molecule has 0 aliphatic heterocycles. The summed E-state index contributed by atoms with van der Waals surface area (Å²) in [7, 11) is 2.73. The Morgan fingerprint density at radius 3 is 2.20 bits per heavy atom.